The first kappa shape index (κ1) is 13.1. The summed E-state index contributed by atoms with van der Waals surface area (Å²) in [5.74, 6) is -1.78. The molecule has 0 fully saturated rings. The van der Waals surface area contributed by atoms with Gasteiger partial charge in [-0.05, 0) is 35.0 Å². The number of halogens is 1. The first-order valence-electron chi connectivity index (χ1n) is 4.32. The highest BCUT2D eigenvalue weighted by Gasteiger charge is 2.30. The number of hydrogen-bond acceptors (Lipinski definition) is 4. The van der Waals surface area contributed by atoms with Crippen molar-refractivity contribution in [3.8, 4) is 0 Å². The lowest BCUT2D eigenvalue weighted by Crippen LogP contribution is -2.46. The van der Waals surface area contributed by atoms with Crippen molar-refractivity contribution < 1.29 is 19.8 Å². The van der Waals surface area contributed by atoms with Crippen LogP contribution in [-0.2, 0) is 4.79 Å². The van der Waals surface area contributed by atoms with Crippen molar-refractivity contribution in [1.29, 1.82) is 0 Å². The lowest BCUT2D eigenvalue weighted by molar-refractivity contribution is -0.155. The summed E-state index contributed by atoms with van der Waals surface area (Å²) in [5, 5.41) is 20.3. The standard InChI is InChI=1S/C9H10BrNO4S/c1-9(15,8(13)14)4-11-7(12)5-2-3-6(10)16-5/h2-3,15H,4H2,1H3,(H,11,12)(H,13,14). The number of carbonyl (C=O) groups excluding carboxylic acids is 1. The van der Waals surface area contributed by atoms with Crippen LogP contribution in [-0.4, -0.2) is 34.2 Å². The average molecular weight is 308 g/mol. The van der Waals surface area contributed by atoms with Crippen molar-refractivity contribution in [3.05, 3.63) is 20.8 Å². The second-order valence-electron chi connectivity index (χ2n) is 3.37. The fraction of sp³-hybridized carbons (Fsp3) is 0.333. The highest BCUT2D eigenvalue weighted by atomic mass is 79.9. The van der Waals surface area contributed by atoms with E-state index in [1.54, 1.807) is 12.1 Å². The van der Waals surface area contributed by atoms with Crippen LogP contribution in [0.4, 0.5) is 0 Å². The molecule has 0 radical (unpaired) electrons. The summed E-state index contributed by atoms with van der Waals surface area (Å²) in [7, 11) is 0. The normalized spacial score (nSPS) is 14.2. The summed E-state index contributed by atoms with van der Waals surface area (Å²) in [6.45, 7) is 0.788. The highest BCUT2D eigenvalue weighted by Crippen LogP contribution is 2.21. The molecule has 1 rings (SSSR count). The molecule has 88 valence electrons. The van der Waals surface area contributed by atoms with Gasteiger partial charge in [0.15, 0.2) is 5.60 Å². The molecule has 0 bridgehead atoms. The molecule has 0 aliphatic rings. The average Bonchev–Trinajstić information content (AvgIpc) is 2.61. The minimum Gasteiger partial charge on any atom is -0.479 e. The van der Waals surface area contributed by atoms with Crippen LogP contribution in [0.2, 0.25) is 0 Å². The number of rotatable bonds is 4. The largest absolute Gasteiger partial charge is 0.479 e. The Bertz CT molecular complexity index is 415. The maximum atomic E-state index is 11.5. The molecule has 0 aliphatic carbocycles. The third-order valence-corrected chi connectivity index (χ3v) is 3.47. The van der Waals surface area contributed by atoms with Crippen LogP contribution in [0.5, 0.6) is 0 Å². The minimum absolute atomic E-state index is 0.337. The fourth-order valence-corrected chi connectivity index (χ4v) is 2.15. The maximum Gasteiger partial charge on any atom is 0.337 e. The summed E-state index contributed by atoms with van der Waals surface area (Å²) >= 11 is 4.44. The molecule has 0 aliphatic heterocycles. The maximum absolute atomic E-state index is 11.5. The third-order valence-electron chi connectivity index (χ3n) is 1.85. The van der Waals surface area contributed by atoms with Crippen LogP contribution in [0.1, 0.15) is 16.6 Å². The van der Waals surface area contributed by atoms with Crippen molar-refractivity contribution in [1.82, 2.24) is 5.32 Å². The second kappa shape index (κ2) is 4.94. The first-order chi connectivity index (χ1) is 7.33. The van der Waals surface area contributed by atoms with Crippen LogP contribution < -0.4 is 5.32 Å². The molecule has 1 atom stereocenters. The summed E-state index contributed by atoms with van der Waals surface area (Å²) in [6.07, 6.45) is 0. The van der Waals surface area contributed by atoms with E-state index < -0.39 is 17.5 Å². The van der Waals surface area contributed by atoms with Gasteiger partial charge in [-0.1, -0.05) is 0 Å². The number of hydrogen-bond donors (Lipinski definition) is 3. The summed E-state index contributed by atoms with van der Waals surface area (Å²) in [6, 6.07) is 3.33. The van der Waals surface area contributed by atoms with E-state index in [2.05, 4.69) is 21.2 Å². The highest BCUT2D eigenvalue weighted by molar-refractivity contribution is 9.11. The van der Waals surface area contributed by atoms with Gasteiger partial charge in [0.25, 0.3) is 5.91 Å². The molecular formula is C9H10BrNO4S. The molecule has 1 unspecified atom stereocenters. The number of aliphatic carboxylic acids is 1. The summed E-state index contributed by atoms with van der Waals surface area (Å²) in [5.41, 5.74) is -1.95. The minimum atomic E-state index is -1.95. The van der Waals surface area contributed by atoms with Gasteiger partial charge in [0.05, 0.1) is 15.2 Å². The molecule has 1 aromatic heterocycles. The van der Waals surface area contributed by atoms with E-state index in [4.69, 9.17) is 5.11 Å². The third kappa shape index (κ3) is 3.29. The summed E-state index contributed by atoms with van der Waals surface area (Å²) in [4.78, 5) is 22.5. The number of aliphatic hydroxyl groups is 1. The molecule has 3 N–H and O–H groups in total. The Labute approximate surface area is 104 Å². The summed E-state index contributed by atoms with van der Waals surface area (Å²) < 4.78 is 0.808. The Balaban J connectivity index is 2.57. The predicted molar refractivity (Wildman–Crippen MR) is 62.6 cm³/mol. The van der Waals surface area contributed by atoms with Crippen molar-refractivity contribution in [2.24, 2.45) is 0 Å². The monoisotopic (exact) mass is 307 g/mol. The zero-order valence-corrected chi connectivity index (χ0v) is 10.8. The first-order valence-corrected chi connectivity index (χ1v) is 5.93. The van der Waals surface area contributed by atoms with E-state index in [0.717, 1.165) is 10.7 Å². The smallest absolute Gasteiger partial charge is 0.337 e. The number of carboxylic acid groups (broad SMARTS) is 1. The van der Waals surface area contributed by atoms with E-state index in [1.807, 2.05) is 0 Å². The van der Waals surface area contributed by atoms with Crippen molar-refractivity contribution >= 4 is 39.1 Å². The van der Waals surface area contributed by atoms with E-state index >= 15 is 0 Å². The Morgan fingerprint density at radius 3 is 2.62 bits per heavy atom. The zero-order chi connectivity index (χ0) is 12.3. The Kier molecular flexibility index (Phi) is 4.06. The number of thiophene rings is 1. The Morgan fingerprint density at radius 2 is 2.19 bits per heavy atom. The molecule has 0 saturated heterocycles. The molecule has 1 aromatic rings. The number of carbonyl (C=O) groups is 2. The van der Waals surface area contributed by atoms with Gasteiger partial charge in [-0.3, -0.25) is 4.79 Å². The van der Waals surface area contributed by atoms with E-state index in [9.17, 15) is 14.7 Å². The van der Waals surface area contributed by atoms with Crippen LogP contribution in [0.3, 0.4) is 0 Å². The van der Waals surface area contributed by atoms with Crippen LogP contribution in [0.25, 0.3) is 0 Å². The van der Waals surface area contributed by atoms with E-state index in [-0.39, 0.29) is 6.54 Å². The van der Waals surface area contributed by atoms with Gasteiger partial charge in [-0.15, -0.1) is 11.3 Å². The van der Waals surface area contributed by atoms with Crippen LogP contribution in [0.15, 0.2) is 15.9 Å². The predicted octanol–water partition coefficient (Wildman–Crippen LogP) is 1.08. The molecule has 1 heterocycles. The number of carboxylic acids is 1. The zero-order valence-electron chi connectivity index (χ0n) is 8.36. The van der Waals surface area contributed by atoms with Gasteiger partial charge >= 0.3 is 5.97 Å². The van der Waals surface area contributed by atoms with Crippen molar-refractivity contribution in [2.75, 3.05) is 6.54 Å². The second-order valence-corrected chi connectivity index (χ2v) is 5.83. The quantitative estimate of drug-likeness (QED) is 0.777. The Hall–Kier alpha value is -0.920. The number of nitrogens with one attached hydrogen (secondary N) is 1. The fourth-order valence-electron chi connectivity index (χ4n) is 0.851. The molecule has 5 nitrogen and oxygen atoms in total. The van der Waals surface area contributed by atoms with Gasteiger partial charge < -0.3 is 15.5 Å². The van der Waals surface area contributed by atoms with Crippen LogP contribution in [0, 0.1) is 0 Å². The van der Waals surface area contributed by atoms with E-state index in [1.165, 1.54) is 11.3 Å². The van der Waals surface area contributed by atoms with Crippen molar-refractivity contribution in [2.45, 2.75) is 12.5 Å². The molecule has 0 aromatic carbocycles. The van der Waals surface area contributed by atoms with E-state index in [0.29, 0.717) is 4.88 Å². The molecular weight excluding hydrogens is 298 g/mol. The SMILES string of the molecule is CC(O)(CNC(=O)c1ccc(Br)s1)C(=O)O. The van der Waals surface area contributed by atoms with Gasteiger partial charge in [0, 0.05) is 0 Å². The van der Waals surface area contributed by atoms with Gasteiger partial charge in [0.1, 0.15) is 0 Å². The molecule has 1 amide bonds. The number of amides is 1. The van der Waals surface area contributed by atoms with Gasteiger partial charge in [-0.25, -0.2) is 4.79 Å². The topological polar surface area (TPSA) is 86.6 Å². The molecule has 0 saturated carbocycles. The molecule has 0 spiro atoms. The lowest BCUT2D eigenvalue weighted by Gasteiger charge is -2.17. The Morgan fingerprint density at radius 1 is 1.56 bits per heavy atom. The molecule has 16 heavy (non-hydrogen) atoms. The van der Waals surface area contributed by atoms with Gasteiger partial charge in [-0.2, -0.15) is 0 Å². The lowest BCUT2D eigenvalue weighted by atomic mass is 10.1. The van der Waals surface area contributed by atoms with Crippen LogP contribution >= 0.6 is 27.3 Å². The van der Waals surface area contributed by atoms with Gasteiger partial charge in [0.2, 0.25) is 0 Å². The van der Waals surface area contributed by atoms with Crippen molar-refractivity contribution in [3.63, 3.8) is 0 Å². The molecule has 7 heteroatoms.